The minimum atomic E-state index is -6.08. The topological polar surface area (TPSA) is 294 Å². The standard InChI is InChI=1S/C10H16N5O13P3.3C6H15N/c1-5-3-15(10(17)12-9(5)16)8-2-6(13-14-11)7(26-8)4-25-30(21,22)28-31(23,24)27-29(18,19)20;3*1-4-7(5-2)6-3/h3,6-8H,2,4H2,1H3,(H,21,22)(H,23,24)(H,12,16,17)(H2,18,19,20);3*4-6H2,1-3H3/t6-,7-,8-;;;/m1.../s1. The molecule has 52 heavy (non-hydrogen) atoms. The number of rotatable bonds is 18. The van der Waals surface area contributed by atoms with E-state index in [9.17, 15) is 38.0 Å². The molecule has 1 aromatic heterocycles. The molecule has 1 aromatic rings. The molecule has 21 nitrogen and oxygen atoms in total. The summed E-state index contributed by atoms with van der Waals surface area (Å²) in [6.07, 6.45) is -1.44. The van der Waals surface area contributed by atoms with Crippen molar-refractivity contribution in [2.75, 3.05) is 65.5 Å². The number of hydrogen-bond donors (Lipinski definition) is 5. The van der Waals surface area contributed by atoms with Crippen molar-refractivity contribution < 1.29 is 65.9 Å². The summed E-state index contributed by atoms with van der Waals surface area (Å²) in [7, 11) is -17.7. The fourth-order valence-electron chi connectivity index (χ4n) is 4.73. The van der Waals surface area contributed by atoms with Gasteiger partial charge in [-0.2, -0.15) is 0 Å². The van der Waals surface area contributed by atoms with Gasteiger partial charge in [0.15, 0.2) is 0 Å². The second-order valence-electron chi connectivity index (χ2n) is 11.4. The molecular weight excluding hydrogens is 749 g/mol. The van der Waals surface area contributed by atoms with E-state index in [0.29, 0.717) is 0 Å². The van der Waals surface area contributed by atoms with Crippen molar-refractivity contribution in [3.05, 3.63) is 43.0 Å². The molecule has 2 rings (SSSR count). The lowest BCUT2D eigenvalue weighted by molar-refractivity contribution is -0.894. The summed E-state index contributed by atoms with van der Waals surface area (Å²) in [5.41, 5.74) is 7.29. The molecule has 2 heterocycles. The average Bonchev–Trinajstić information content (AvgIpc) is 3.46. The monoisotopic (exact) mass is 810 g/mol. The molecule has 1 aliphatic rings. The molecule has 3 unspecified atom stereocenters. The van der Waals surface area contributed by atoms with Crippen LogP contribution in [-0.2, 0) is 31.6 Å². The number of ether oxygens (including phenoxy) is 1. The minimum Gasteiger partial charge on any atom is -0.756 e. The zero-order chi connectivity index (χ0) is 40.7. The summed E-state index contributed by atoms with van der Waals surface area (Å²) >= 11 is 0. The van der Waals surface area contributed by atoms with Crippen LogP contribution in [0.5, 0.6) is 0 Å². The number of nitrogens with zero attached hydrogens (tertiary/aromatic N) is 4. The van der Waals surface area contributed by atoms with Gasteiger partial charge in [-0.15, -0.1) is 0 Å². The van der Waals surface area contributed by atoms with Crippen LogP contribution >= 0.6 is 23.5 Å². The smallest absolute Gasteiger partial charge is 0.330 e. The van der Waals surface area contributed by atoms with Crippen LogP contribution in [0.25, 0.3) is 10.4 Å². The first-order chi connectivity index (χ1) is 24.2. The van der Waals surface area contributed by atoms with Crippen molar-refractivity contribution in [2.45, 2.75) is 94.0 Å². The summed E-state index contributed by atoms with van der Waals surface area (Å²) in [4.78, 5) is 74.6. The van der Waals surface area contributed by atoms with E-state index in [1.807, 2.05) is 4.98 Å². The van der Waals surface area contributed by atoms with Gasteiger partial charge in [0.2, 0.25) is 0 Å². The van der Waals surface area contributed by atoms with Gasteiger partial charge in [-0.25, -0.2) is 13.4 Å². The fraction of sp³-hybridized carbons (Fsp3) is 0.857. The summed E-state index contributed by atoms with van der Waals surface area (Å²) in [6, 6.07) is -1.09. The second-order valence-corrected chi connectivity index (χ2v) is 15.7. The van der Waals surface area contributed by atoms with Gasteiger partial charge in [0.05, 0.1) is 77.7 Å². The van der Waals surface area contributed by atoms with Crippen LogP contribution in [0.4, 0.5) is 0 Å². The molecule has 0 bridgehead atoms. The Morgan fingerprint density at radius 3 is 1.63 bits per heavy atom. The first-order valence-electron chi connectivity index (χ1n) is 17.4. The molecule has 1 aliphatic heterocycles. The van der Waals surface area contributed by atoms with E-state index in [-0.39, 0.29) is 12.0 Å². The van der Waals surface area contributed by atoms with Crippen molar-refractivity contribution in [3.8, 4) is 0 Å². The highest BCUT2D eigenvalue weighted by Crippen LogP contribution is 2.61. The number of H-pyrrole nitrogens is 1. The van der Waals surface area contributed by atoms with Crippen LogP contribution in [0.15, 0.2) is 20.9 Å². The first kappa shape index (κ1) is 52.3. The third-order valence-corrected chi connectivity index (χ3v) is 11.9. The van der Waals surface area contributed by atoms with Crippen LogP contribution in [0.1, 0.15) is 80.5 Å². The lowest BCUT2D eigenvalue weighted by Crippen LogP contribution is -3.11. The van der Waals surface area contributed by atoms with Gasteiger partial charge >= 0.3 is 5.69 Å². The Bertz CT molecular complexity index is 1400. The van der Waals surface area contributed by atoms with Crippen LogP contribution < -0.4 is 40.6 Å². The molecule has 5 N–H and O–H groups in total. The number of nitrogens with one attached hydrogen (secondary N) is 4. The predicted octanol–water partition coefficient (Wildman–Crippen LogP) is -1.95. The van der Waals surface area contributed by atoms with Gasteiger partial charge in [0.25, 0.3) is 29.0 Å². The van der Waals surface area contributed by atoms with E-state index in [2.05, 4.69) is 85.5 Å². The van der Waals surface area contributed by atoms with Gasteiger partial charge in [0.1, 0.15) is 6.23 Å². The quantitative estimate of drug-likeness (QED) is 0.0467. The Labute approximate surface area is 306 Å². The third-order valence-electron chi connectivity index (χ3n) is 8.16. The van der Waals surface area contributed by atoms with Crippen molar-refractivity contribution in [1.82, 2.24) is 9.55 Å². The highest BCUT2D eigenvalue weighted by molar-refractivity contribution is 7.65. The number of aryl methyl sites for hydroxylation is 1. The number of azide groups is 1. The van der Waals surface area contributed by atoms with E-state index in [1.165, 1.54) is 65.8 Å². The van der Waals surface area contributed by atoms with E-state index in [1.54, 1.807) is 14.7 Å². The number of aromatic nitrogens is 2. The fourth-order valence-corrected chi connectivity index (χ4v) is 7.62. The summed E-state index contributed by atoms with van der Waals surface area (Å²) in [5, 5.41) is 3.38. The molecule has 6 atom stereocenters. The second kappa shape index (κ2) is 26.9. The van der Waals surface area contributed by atoms with Gasteiger partial charge in [-0.1, -0.05) is 5.11 Å². The zero-order valence-corrected chi connectivity index (χ0v) is 34.7. The van der Waals surface area contributed by atoms with Crippen LogP contribution in [0.3, 0.4) is 0 Å². The maximum atomic E-state index is 12.0. The molecule has 0 radical (unpaired) electrons. The van der Waals surface area contributed by atoms with Crippen molar-refractivity contribution >= 4 is 23.5 Å². The normalized spacial score (nSPS) is 20.2. The summed E-state index contributed by atoms with van der Waals surface area (Å²) < 4.78 is 50.5. The van der Waals surface area contributed by atoms with Gasteiger partial charge in [-0.3, -0.25) is 28.0 Å². The Morgan fingerprint density at radius 2 is 1.29 bits per heavy atom. The predicted molar refractivity (Wildman–Crippen MR) is 188 cm³/mol. The lowest BCUT2D eigenvalue weighted by Gasteiger charge is -2.33. The number of hydrogen-bond acceptors (Lipinski definition) is 13. The molecule has 0 aromatic carbocycles. The van der Waals surface area contributed by atoms with E-state index < -0.39 is 59.7 Å². The summed E-state index contributed by atoms with van der Waals surface area (Å²) in [6.45, 7) is 31.9. The van der Waals surface area contributed by atoms with Gasteiger partial charge in [0, 0.05) is 23.1 Å². The highest BCUT2D eigenvalue weighted by atomic mass is 31.3. The Morgan fingerprint density at radius 1 is 0.865 bits per heavy atom. The minimum absolute atomic E-state index is 0.145. The van der Waals surface area contributed by atoms with Crippen molar-refractivity contribution in [1.29, 1.82) is 0 Å². The Kier molecular flexibility index (Phi) is 27.1. The van der Waals surface area contributed by atoms with E-state index >= 15 is 0 Å². The number of aromatic amines is 1. The molecule has 1 fully saturated rings. The maximum Gasteiger partial charge on any atom is 0.330 e. The molecular formula is C28H61N8O13P3. The van der Waals surface area contributed by atoms with Gasteiger partial charge in [-0.05, 0) is 74.8 Å². The Hall–Kier alpha value is -1.76. The molecule has 0 aliphatic carbocycles. The van der Waals surface area contributed by atoms with E-state index in [0.717, 1.165) is 10.8 Å². The average molecular weight is 811 g/mol. The first-order valence-corrected chi connectivity index (χ1v) is 21.8. The SMILES string of the molecule is CC[NH+](CC)CC.CC[NH+](CC)CC.CC[NH+](CC)CC.Cc1cn([C@H]2C[C@@H](N=[N+]=[N-])[C@@H](COP(=O)([O-])OP(=O)([O-])OP(=O)([O-])O)O2)c(=O)[nH]c1=O. The van der Waals surface area contributed by atoms with Gasteiger partial charge < -0.3 is 43.5 Å². The number of phosphoric acid groups is 3. The molecule has 0 spiro atoms. The van der Waals surface area contributed by atoms with E-state index in [4.69, 9.17) is 15.2 Å². The van der Waals surface area contributed by atoms with Crippen molar-refractivity contribution in [3.63, 3.8) is 0 Å². The molecule has 1 saturated heterocycles. The Balaban J connectivity index is 0. The third kappa shape index (κ3) is 22.5. The lowest BCUT2D eigenvalue weighted by atomic mass is 10.1. The van der Waals surface area contributed by atoms with Crippen molar-refractivity contribution in [2.24, 2.45) is 5.11 Å². The highest BCUT2D eigenvalue weighted by Gasteiger charge is 2.37. The largest absolute Gasteiger partial charge is 0.756 e. The maximum absolute atomic E-state index is 12.0. The van der Waals surface area contributed by atoms with Crippen LogP contribution in [0, 0.1) is 6.92 Å². The summed E-state index contributed by atoms with van der Waals surface area (Å²) in [5.74, 6) is 0. The number of quaternary nitrogens is 3. The molecule has 24 heteroatoms. The van der Waals surface area contributed by atoms with Crippen LogP contribution in [0.2, 0.25) is 0 Å². The zero-order valence-electron chi connectivity index (χ0n) is 32.1. The van der Waals surface area contributed by atoms with Crippen LogP contribution in [-0.4, -0.2) is 92.1 Å². The molecule has 0 saturated carbocycles. The number of phosphoric ester groups is 1. The molecule has 306 valence electrons. The molecule has 0 amide bonds.